The zero-order valence-corrected chi connectivity index (χ0v) is 13.2. The van der Waals surface area contributed by atoms with Gasteiger partial charge in [0.25, 0.3) is 0 Å². The predicted octanol–water partition coefficient (Wildman–Crippen LogP) is 2.18. The quantitative estimate of drug-likeness (QED) is 0.807. The van der Waals surface area contributed by atoms with Crippen molar-refractivity contribution >= 4 is 11.7 Å². The average molecular weight is 298 g/mol. The van der Waals surface area contributed by atoms with Gasteiger partial charge in [0.05, 0.1) is 12.1 Å². The van der Waals surface area contributed by atoms with Crippen LogP contribution in [0.2, 0.25) is 0 Å². The average Bonchev–Trinajstić information content (AvgIpc) is 3.39. The third-order valence-electron chi connectivity index (χ3n) is 4.61. The van der Waals surface area contributed by atoms with Crippen molar-refractivity contribution in [3.05, 3.63) is 23.9 Å². The van der Waals surface area contributed by atoms with Crippen LogP contribution >= 0.6 is 0 Å². The highest BCUT2D eigenvalue weighted by molar-refractivity contribution is 5.82. The monoisotopic (exact) mass is 298 g/mol. The molecular weight excluding hydrogens is 276 g/mol. The van der Waals surface area contributed by atoms with E-state index in [0.29, 0.717) is 30.1 Å². The molecule has 116 valence electrons. The highest BCUT2D eigenvalue weighted by atomic mass is 16.2. The summed E-state index contributed by atoms with van der Waals surface area (Å²) in [6.45, 7) is 2.53. The molecule has 2 aliphatic rings. The van der Waals surface area contributed by atoms with Gasteiger partial charge in [-0.2, -0.15) is 5.26 Å². The number of likely N-dealkylation sites (N-methyl/N-ethyl adjacent to an activating group) is 1. The minimum absolute atomic E-state index is 0.190. The summed E-state index contributed by atoms with van der Waals surface area (Å²) in [7, 11) is 1.87. The van der Waals surface area contributed by atoms with Crippen molar-refractivity contribution in [1.82, 2.24) is 9.88 Å². The minimum Gasteiger partial charge on any atom is -0.350 e. The number of anilines is 1. The first-order valence-electron chi connectivity index (χ1n) is 7.98. The molecule has 0 spiro atoms. The Bertz CT molecular complexity index is 584. The molecule has 1 heterocycles. The molecule has 1 unspecified atom stereocenters. The smallest absolute Gasteiger partial charge is 0.242 e. The van der Waals surface area contributed by atoms with E-state index in [1.54, 1.807) is 18.3 Å². The normalized spacial score (nSPS) is 18.4. The molecule has 5 nitrogen and oxygen atoms in total. The molecule has 2 aliphatic carbocycles. The number of nitrogens with zero attached hydrogens (tertiary/aromatic N) is 4. The van der Waals surface area contributed by atoms with E-state index in [0.717, 1.165) is 18.7 Å². The summed E-state index contributed by atoms with van der Waals surface area (Å²) in [6, 6.07) is 6.39. The van der Waals surface area contributed by atoms with Crippen LogP contribution in [0.25, 0.3) is 0 Å². The largest absolute Gasteiger partial charge is 0.350 e. The Balaban J connectivity index is 1.64. The van der Waals surface area contributed by atoms with Crippen LogP contribution in [0.1, 0.15) is 38.2 Å². The molecule has 2 saturated carbocycles. The van der Waals surface area contributed by atoms with Gasteiger partial charge in [-0.05, 0) is 50.7 Å². The van der Waals surface area contributed by atoms with Crippen LogP contribution in [0.5, 0.6) is 0 Å². The molecule has 1 aromatic heterocycles. The Kier molecular flexibility index (Phi) is 4.02. The van der Waals surface area contributed by atoms with Crippen LogP contribution < -0.4 is 4.90 Å². The number of carbonyl (C=O) groups excluding carboxylic acids is 1. The fourth-order valence-electron chi connectivity index (χ4n) is 2.97. The third kappa shape index (κ3) is 3.22. The van der Waals surface area contributed by atoms with Crippen LogP contribution in [0.4, 0.5) is 5.82 Å². The van der Waals surface area contributed by atoms with E-state index in [9.17, 15) is 4.79 Å². The molecule has 1 amide bonds. The van der Waals surface area contributed by atoms with Crippen molar-refractivity contribution < 1.29 is 4.79 Å². The van der Waals surface area contributed by atoms with E-state index in [1.165, 1.54) is 12.8 Å². The Morgan fingerprint density at radius 1 is 1.41 bits per heavy atom. The van der Waals surface area contributed by atoms with Gasteiger partial charge in [0.2, 0.25) is 5.91 Å². The lowest BCUT2D eigenvalue weighted by atomic mass is 10.1. The van der Waals surface area contributed by atoms with E-state index >= 15 is 0 Å². The van der Waals surface area contributed by atoms with Crippen molar-refractivity contribution in [3.63, 3.8) is 0 Å². The number of carbonyl (C=O) groups is 1. The summed E-state index contributed by atoms with van der Waals surface area (Å²) in [6.07, 6.45) is 6.33. The summed E-state index contributed by atoms with van der Waals surface area (Å²) >= 11 is 0. The van der Waals surface area contributed by atoms with Crippen LogP contribution in [0.3, 0.4) is 0 Å². The molecule has 0 aliphatic heterocycles. The van der Waals surface area contributed by atoms with Crippen molar-refractivity contribution in [3.8, 4) is 6.07 Å². The second-order valence-corrected chi connectivity index (χ2v) is 6.48. The first-order chi connectivity index (χ1) is 10.6. The van der Waals surface area contributed by atoms with Crippen molar-refractivity contribution in [2.45, 2.75) is 44.7 Å². The van der Waals surface area contributed by atoms with Gasteiger partial charge in [0, 0.05) is 25.3 Å². The van der Waals surface area contributed by atoms with Crippen LogP contribution in [0, 0.1) is 17.2 Å². The zero-order chi connectivity index (χ0) is 15.7. The fraction of sp³-hybridized carbons (Fsp3) is 0.588. The Morgan fingerprint density at radius 3 is 2.64 bits per heavy atom. The standard InChI is InChI=1S/C17H22N4O/c1-12(14-4-5-14)21(15-6-7-15)17(22)11-20(2)16-8-3-13(9-18)10-19-16/h3,8,10,12,14-15H,4-7,11H2,1-2H3. The van der Waals surface area contributed by atoms with E-state index in [4.69, 9.17) is 5.26 Å². The summed E-state index contributed by atoms with van der Waals surface area (Å²) in [5.74, 6) is 1.61. The van der Waals surface area contributed by atoms with Gasteiger partial charge >= 0.3 is 0 Å². The van der Waals surface area contributed by atoms with Crippen molar-refractivity contribution in [1.29, 1.82) is 5.26 Å². The molecule has 0 radical (unpaired) electrons. The minimum atomic E-state index is 0.190. The van der Waals surface area contributed by atoms with Gasteiger partial charge < -0.3 is 9.80 Å². The molecule has 1 atom stereocenters. The van der Waals surface area contributed by atoms with Crippen molar-refractivity contribution in [2.75, 3.05) is 18.5 Å². The van der Waals surface area contributed by atoms with Gasteiger partial charge in [0.15, 0.2) is 0 Å². The molecule has 22 heavy (non-hydrogen) atoms. The van der Waals surface area contributed by atoms with E-state index in [1.807, 2.05) is 11.9 Å². The predicted molar refractivity (Wildman–Crippen MR) is 84.3 cm³/mol. The van der Waals surface area contributed by atoms with E-state index in [2.05, 4.69) is 22.9 Å². The molecule has 1 aromatic rings. The highest BCUT2D eigenvalue weighted by Gasteiger charge is 2.41. The topological polar surface area (TPSA) is 60.2 Å². The Hall–Kier alpha value is -2.09. The molecule has 2 fully saturated rings. The molecule has 3 rings (SSSR count). The highest BCUT2D eigenvalue weighted by Crippen LogP contribution is 2.39. The third-order valence-corrected chi connectivity index (χ3v) is 4.61. The molecule has 5 heteroatoms. The number of hydrogen-bond donors (Lipinski definition) is 0. The maximum absolute atomic E-state index is 12.7. The van der Waals surface area contributed by atoms with Gasteiger partial charge in [-0.25, -0.2) is 4.98 Å². The van der Waals surface area contributed by atoms with Gasteiger partial charge in [-0.3, -0.25) is 4.79 Å². The lowest BCUT2D eigenvalue weighted by Gasteiger charge is -2.31. The first kappa shape index (κ1) is 14.8. The molecule has 0 saturated heterocycles. The lowest BCUT2D eigenvalue weighted by Crippen LogP contribution is -2.46. The number of nitriles is 1. The molecular formula is C17H22N4O. The fourth-order valence-corrected chi connectivity index (χ4v) is 2.97. The zero-order valence-electron chi connectivity index (χ0n) is 13.2. The summed E-state index contributed by atoms with van der Waals surface area (Å²) in [4.78, 5) is 20.9. The lowest BCUT2D eigenvalue weighted by molar-refractivity contribution is -0.132. The van der Waals surface area contributed by atoms with E-state index < -0.39 is 0 Å². The van der Waals surface area contributed by atoms with Gasteiger partial charge in [-0.15, -0.1) is 0 Å². The maximum atomic E-state index is 12.7. The Labute approximate surface area is 131 Å². The Morgan fingerprint density at radius 2 is 2.14 bits per heavy atom. The first-order valence-corrected chi connectivity index (χ1v) is 7.98. The second-order valence-electron chi connectivity index (χ2n) is 6.48. The molecule has 0 aromatic carbocycles. The molecule has 0 bridgehead atoms. The number of pyridine rings is 1. The van der Waals surface area contributed by atoms with Gasteiger partial charge in [0.1, 0.15) is 11.9 Å². The summed E-state index contributed by atoms with van der Waals surface area (Å²) < 4.78 is 0. The van der Waals surface area contributed by atoms with Gasteiger partial charge in [-0.1, -0.05) is 0 Å². The van der Waals surface area contributed by atoms with Crippen LogP contribution in [-0.2, 0) is 4.79 Å². The number of hydrogen-bond acceptors (Lipinski definition) is 4. The van der Waals surface area contributed by atoms with Crippen LogP contribution in [0.15, 0.2) is 18.3 Å². The second kappa shape index (κ2) is 5.96. The number of rotatable bonds is 6. The maximum Gasteiger partial charge on any atom is 0.242 e. The van der Waals surface area contributed by atoms with Crippen LogP contribution in [-0.4, -0.2) is 41.5 Å². The van der Waals surface area contributed by atoms with E-state index in [-0.39, 0.29) is 5.91 Å². The number of amides is 1. The summed E-state index contributed by atoms with van der Waals surface area (Å²) in [5, 5.41) is 8.81. The SMILES string of the molecule is CC(C1CC1)N(C(=O)CN(C)c1ccc(C#N)cn1)C1CC1. The van der Waals surface area contributed by atoms with Crippen molar-refractivity contribution in [2.24, 2.45) is 5.92 Å². The number of aromatic nitrogens is 1. The summed E-state index contributed by atoms with van der Waals surface area (Å²) in [5.41, 5.74) is 0.533. The molecule has 0 N–H and O–H groups in total.